The van der Waals surface area contributed by atoms with E-state index >= 15 is 0 Å². The maximum atomic E-state index is 13.7. The molecular formula is C28H28FNO3. The van der Waals surface area contributed by atoms with Crippen LogP contribution in [0.5, 0.6) is 5.75 Å². The lowest BCUT2D eigenvalue weighted by molar-refractivity contribution is 0.0729. The Balaban J connectivity index is 1.31. The molecule has 0 spiro atoms. The molecular weight excluding hydrogens is 417 g/mol. The Hall–Kier alpha value is -3.18. The van der Waals surface area contributed by atoms with Gasteiger partial charge in [0.05, 0.1) is 13.2 Å². The van der Waals surface area contributed by atoms with Crippen LogP contribution < -0.4 is 4.74 Å². The van der Waals surface area contributed by atoms with Crippen molar-refractivity contribution in [1.29, 1.82) is 0 Å². The SMILES string of the molecule is O=C(c1cccc(-c2cccc(F)c2)c1)N(Cc1cccc(OCC2CCOC2)c1)C1CC1. The molecule has 2 fully saturated rings. The minimum absolute atomic E-state index is 0.00480. The van der Waals surface area contributed by atoms with Gasteiger partial charge in [0.25, 0.3) is 5.91 Å². The fourth-order valence-corrected chi connectivity index (χ4v) is 4.28. The zero-order valence-electron chi connectivity index (χ0n) is 18.6. The lowest BCUT2D eigenvalue weighted by Crippen LogP contribution is -2.32. The van der Waals surface area contributed by atoms with Crippen LogP contribution in [0.1, 0.15) is 35.2 Å². The second-order valence-electron chi connectivity index (χ2n) is 8.94. The van der Waals surface area contributed by atoms with E-state index in [4.69, 9.17) is 9.47 Å². The van der Waals surface area contributed by atoms with E-state index in [1.807, 2.05) is 59.5 Å². The second kappa shape index (κ2) is 9.75. The number of carbonyl (C=O) groups is 1. The van der Waals surface area contributed by atoms with Crippen LogP contribution >= 0.6 is 0 Å². The molecule has 170 valence electrons. The van der Waals surface area contributed by atoms with E-state index in [0.717, 1.165) is 54.9 Å². The fourth-order valence-electron chi connectivity index (χ4n) is 4.28. The molecule has 1 unspecified atom stereocenters. The van der Waals surface area contributed by atoms with Gasteiger partial charge in [-0.2, -0.15) is 0 Å². The summed E-state index contributed by atoms with van der Waals surface area (Å²) in [5.41, 5.74) is 3.27. The number of hydrogen-bond acceptors (Lipinski definition) is 3. The molecule has 1 atom stereocenters. The van der Waals surface area contributed by atoms with Crippen molar-refractivity contribution in [2.75, 3.05) is 19.8 Å². The molecule has 0 bridgehead atoms. The standard InChI is InChI=1S/C28H28FNO3/c29-25-8-3-6-23(16-25)22-5-2-7-24(15-22)28(31)30(26-10-11-26)17-20-4-1-9-27(14-20)33-19-21-12-13-32-18-21/h1-9,14-16,21,26H,10-13,17-19H2. The van der Waals surface area contributed by atoms with E-state index in [1.54, 1.807) is 6.07 Å². The van der Waals surface area contributed by atoms with Crippen LogP contribution in [0.25, 0.3) is 11.1 Å². The van der Waals surface area contributed by atoms with Gasteiger partial charge < -0.3 is 14.4 Å². The summed E-state index contributed by atoms with van der Waals surface area (Å²) in [5, 5.41) is 0. The molecule has 0 radical (unpaired) electrons. The average molecular weight is 446 g/mol. The summed E-state index contributed by atoms with van der Waals surface area (Å²) >= 11 is 0. The van der Waals surface area contributed by atoms with Crippen LogP contribution in [0.15, 0.2) is 72.8 Å². The highest BCUT2D eigenvalue weighted by atomic mass is 19.1. The van der Waals surface area contributed by atoms with Crippen molar-refractivity contribution in [1.82, 2.24) is 4.90 Å². The first kappa shape index (κ1) is 21.7. The third-order valence-electron chi connectivity index (χ3n) is 6.28. The molecule has 1 amide bonds. The van der Waals surface area contributed by atoms with Gasteiger partial charge in [0, 0.05) is 30.7 Å². The number of ether oxygens (including phenoxy) is 2. The van der Waals surface area contributed by atoms with Crippen LogP contribution in [0.2, 0.25) is 0 Å². The fraction of sp³-hybridized carbons (Fsp3) is 0.321. The summed E-state index contributed by atoms with van der Waals surface area (Å²) in [5.74, 6) is 0.996. The predicted octanol–water partition coefficient (Wildman–Crippen LogP) is 5.71. The van der Waals surface area contributed by atoms with Crippen molar-refractivity contribution in [2.24, 2.45) is 5.92 Å². The van der Waals surface area contributed by atoms with Gasteiger partial charge in [-0.15, -0.1) is 0 Å². The molecule has 1 aliphatic carbocycles. The third kappa shape index (κ3) is 5.42. The summed E-state index contributed by atoms with van der Waals surface area (Å²) < 4.78 is 25.1. The van der Waals surface area contributed by atoms with Gasteiger partial charge in [0.1, 0.15) is 11.6 Å². The molecule has 33 heavy (non-hydrogen) atoms. The first-order chi connectivity index (χ1) is 16.2. The minimum Gasteiger partial charge on any atom is -0.493 e. The van der Waals surface area contributed by atoms with Crippen LogP contribution in [-0.2, 0) is 11.3 Å². The Morgan fingerprint density at radius 1 is 0.970 bits per heavy atom. The molecule has 3 aromatic carbocycles. The third-order valence-corrected chi connectivity index (χ3v) is 6.28. The van der Waals surface area contributed by atoms with Crippen LogP contribution in [-0.4, -0.2) is 36.7 Å². The van der Waals surface area contributed by atoms with Crippen molar-refractivity contribution < 1.29 is 18.7 Å². The second-order valence-corrected chi connectivity index (χ2v) is 8.94. The number of benzene rings is 3. The van der Waals surface area contributed by atoms with E-state index in [1.165, 1.54) is 12.1 Å². The number of halogens is 1. The molecule has 1 saturated heterocycles. The highest BCUT2D eigenvalue weighted by Gasteiger charge is 2.33. The molecule has 3 aromatic rings. The van der Waals surface area contributed by atoms with Crippen LogP contribution in [0.4, 0.5) is 4.39 Å². The number of carbonyl (C=O) groups excluding carboxylic acids is 1. The highest BCUT2D eigenvalue weighted by Crippen LogP contribution is 2.31. The summed E-state index contributed by atoms with van der Waals surface area (Å²) in [4.78, 5) is 15.4. The molecule has 1 heterocycles. The number of hydrogen-bond donors (Lipinski definition) is 0. The summed E-state index contributed by atoms with van der Waals surface area (Å²) in [7, 11) is 0. The van der Waals surface area contributed by atoms with Crippen LogP contribution in [0, 0.1) is 11.7 Å². The lowest BCUT2D eigenvalue weighted by atomic mass is 10.0. The number of nitrogens with zero attached hydrogens (tertiary/aromatic N) is 1. The molecule has 2 aliphatic rings. The molecule has 1 aliphatic heterocycles. The smallest absolute Gasteiger partial charge is 0.254 e. The van der Waals surface area contributed by atoms with Gasteiger partial charge in [-0.25, -0.2) is 4.39 Å². The van der Waals surface area contributed by atoms with E-state index in [9.17, 15) is 9.18 Å². The number of rotatable bonds is 8. The monoisotopic (exact) mass is 445 g/mol. The molecule has 0 N–H and O–H groups in total. The summed E-state index contributed by atoms with van der Waals surface area (Å²) in [6, 6.07) is 22.2. The molecule has 0 aromatic heterocycles. The molecule has 5 heteroatoms. The number of amides is 1. The highest BCUT2D eigenvalue weighted by molar-refractivity contribution is 5.95. The normalized spacial score (nSPS) is 17.7. The van der Waals surface area contributed by atoms with Crippen molar-refractivity contribution in [3.8, 4) is 16.9 Å². The van der Waals surface area contributed by atoms with Gasteiger partial charge in [-0.1, -0.05) is 36.4 Å². The Morgan fingerprint density at radius 3 is 2.52 bits per heavy atom. The maximum Gasteiger partial charge on any atom is 0.254 e. The Labute approximate surface area is 193 Å². The van der Waals surface area contributed by atoms with Crippen molar-refractivity contribution in [3.63, 3.8) is 0 Å². The first-order valence-electron chi connectivity index (χ1n) is 11.6. The largest absolute Gasteiger partial charge is 0.493 e. The molecule has 4 nitrogen and oxygen atoms in total. The Kier molecular flexibility index (Phi) is 6.40. The van der Waals surface area contributed by atoms with E-state index in [0.29, 0.717) is 24.6 Å². The molecule has 5 rings (SSSR count). The van der Waals surface area contributed by atoms with Crippen molar-refractivity contribution >= 4 is 5.91 Å². The summed E-state index contributed by atoms with van der Waals surface area (Å²) in [6.45, 7) is 2.77. The van der Waals surface area contributed by atoms with E-state index < -0.39 is 0 Å². The maximum absolute atomic E-state index is 13.7. The van der Waals surface area contributed by atoms with Gasteiger partial charge in [-0.05, 0) is 72.4 Å². The summed E-state index contributed by atoms with van der Waals surface area (Å²) in [6.07, 6.45) is 3.08. The zero-order chi connectivity index (χ0) is 22.6. The van der Waals surface area contributed by atoms with Crippen molar-refractivity contribution in [3.05, 3.63) is 89.7 Å². The molecule has 1 saturated carbocycles. The van der Waals surface area contributed by atoms with Gasteiger partial charge in [-0.3, -0.25) is 4.79 Å². The van der Waals surface area contributed by atoms with E-state index in [2.05, 4.69) is 0 Å². The zero-order valence-corrected chi connectivity index (χ0v) is 18.6. The van der Waals surface area contributed by atoms with E-state index in [-0.39, 0.29) is 17.8 Å². The Bertz CT molecular complexity index is 1120. The quantitative estimate of drug-likeness (QED) is 0.446. The lowest BCUT2D eigenvalue weighted by Gasteiger charge is -2.23. The van der Waals surface area contributed by atoms with Gasteiger partial charge in [0.2, 0.25) is 0 Å². The van der Waals surface area contributed by atoms with Crippen LogP contribution in [0.3, 0.4) is 0 Å². The van der Waals surface area contributed by atoms with Gasteiger partial charge >= 0.3 is 0 Å². The topological polar surface area (TPSA) is 38.8 Å². The predicted molar refractivity (Wildman–Crippen MR) is 126 cm³/mol. The Morgan fingerprint density at radius 2 is 1.76 bits per heavy atom. The minimum atomic E-state index is -0.286. The van der Waals surface area contributed by atoms with Gasteiger partial charge in [0.15, 0.2) is 0 Å². The van der Waals surface area contributed by atoms with Crippen molar-refractivity contribution in [2.45, 2.75) is 31.8 Å². The average Bonchev–Trinajstić information content (AvgIpc) is 3.55. The first-order valence-corrected chi connectivity index (χ1v) is 11.6.